The van der Waals surface area contributed by atoms with E-state index in [1.54, 1.807) is 0 Å². The summed E-state index contributed by atoms with van der Waals surface area (Å²) in [7, 11) is 0. The van der Waals surface area contributed by atoms with Gasteiger partial charge >= 0.3 is 0 Å². The molecule has 0 spiro atoms. The van der Waals surface area contributed by atoms with Gasteiger partial charge in [-0.05, 0) is 56.1 Å². The molecule has 0 bridgehead atoms. The molecule has 2 fully saturated rings. The van der Waals surface area contributed by atoms with Gasteiger partial charge in [0.15, 0.2) is 17.9 Å². The van der Waals surface area contributed by atoms with Gasteiger partial charge in [-0.3, -0.25) is 0 Å². The average molecular weight is 350 g/mol. The Bertz CT molecular complexity index is 571. The number of halogens is 2. The third-order valence-electron chi connectivity index (χ3n) is 5.49. The van der Waals surface area contributed by atoms with E-state index in [4.69, 9.17) is 9.47 Å². The van der Waals surface area contributed by atoms with Gasteiger partial charge in [0.25, 0.3) is 0 Å². The third kappa shape index (κ3) is 4.89. The zero-order valence-electron chi connectivity index (χ0n) is 14.9. The first-order valence-electron chi connectivity index (χ1n) is 9.52. The van der Waals surface area contributed by atoms with Crippen LogP contribution >= 0.6 is 0 Å². The molecule has 0 atom stereocenters. The molecular formula is C21H28F2O2. The topological polar surface area (TPSA) is 18.5 Å². The molecule has 1 aromatic rings. The van der Waals surface area contributed by atoms with Crippen molar-refractivity contribution in [2.45, 2.75) is 51.7 Å². The van der Waals surface area contributed by atoms with Crippen LogP contribution in [0.3, 0.4) is 0 Å². The van der Waals surface area contributed by atoms with Crippen LogP contribution in [0.1, 0.15) is 57.3 Å². The fraction of sp³-hybridized carbons (Fsp3) is 0.619. The Hall–Kier alpha value is -1.26. The lowest BCUT2D eigenvalue weighted by molar-refractivity contribution is -0.214. The minimum atomic E-state index is -0.860. The molecule has 1 aromatic carbocycles. The molecule has 2 aliphatic rings. The fourth-order valence-corrected chi connectivity index (χ4v) is 3.91. The first-order chi connectivity index (χ1) is 12.2. The van der Waals surface area contributed by atoms with Crippen molar-refractivity contribution in [2.75, 3.05) is 13.2 Å². The molecule has 25 heavy (non-hydrogen) atoms. The fourth-order valence-electron chi connectivity index (χ4n) is 3.91. The van der Waals surface area contributed by atoms with Crippen molar-refractivity contribution in [1.82, 2.24) is 0 Å². The molecule has 0 N–H and O–H groups in total. The van der Waals surface area contributed by atoms with E-state index < -0.39 is 17.9 Å². The molecule has 0 radical (unpaired) electrons. The van der Waals surface area contributed by atoms with E-state index in [0.29, 0.717) is 30.6 Å². The molecule has 4 heteroatoms. The first-order valence-corrected chi connectivity index (χ1v) is 9.52. The molecule has 1 saturated carbocycles. The Kier molecular flexibility index (Phi) is 6.60. The number of allylic oxidation sites excluding steroid dienone is 2. The zero-order chi connectivity index (χ0) is 17.6. The van der Waals surface area contributed by atoms with Crippen LogP contribution in [0.4, 0.5) is 8.78 Å². The van der Waals surface area contributed by atoms with Crippen molar-refractivity contribution in [3.05, 3.63) is 47.5 Å². The largest absolute Gasteiger partial charge is 0.348 e. The lowest BCUT2D eigenvalue weighted by Gasteiger charge is -2.37. The van der Waals surface area contributed by atoms with Gasteiger partial charge in [0.05, 0.1) is 13.2 Å². The van der Waals surface area contributed by atoms with Gasteiger partial charge in [-0.25, -0.2) is 8.78 Å². The number of benzene rings is 1. The Balaban J connectivity index is 1.46. The number of hydrogen-bond acceptors (Lipinski definition) is 2. The Morgan fingerprint density at radius 1 is 1.00 bits per heavy atom. The zero-order valence-corrected chi connectivity index (χ0v) is 14.9. The third-order valence-corrected chi connectivity index (χ3v) is 5.49. The van der Waals surface area contributed by atoms with Gasteiger partial charge < -0.3 is 9.47 Å². The summed E-state index contributed by atoms with van der Waals surface area (Å²) < 4.78 is 38.0. The molecule has 0 amide bonds. The van der Waals surface area contributed by atoms with Gasteiger partial charge in [0.1, 0.15) is 0 Å². The molecule has 1 saturated heterocycles. The molecular weight excluding hydrogens is 322 g/mol. The van der Waals surface area contributed by atoms with E-state index >= 15 is 0 Å². The van der Waals surface area contributed by atoms with Gasteiger partial charge in [-0.15, -0.1) is 0 Å². The van der Waals surface area contributed by atoms with Crippen molar-refractivity contribution in [3.63, 3.8) is 0 Å². The highest BCUT2D eigenvalue weighted by Gasteiger charge is 2.32. The Morgan fingerprint density at radius 3 is 2.36 bits per heavy atom. The highest BCUT2D eigenvalue weighted by molar-refractivity contribution is 5.19. The molecule has 1 heterocycles. The van der Waals surface area contributed by atoms with E-state index in [0.717, 1.165) is 18.1 Å². The summed E-state index contributed by atoms with van der Waals surface area (Å²) in [5, 5.41) is 0. The molecule has 0 unspecified atom stereocenters. The number of hydrogen-bond donors (Lipinski definition) is 0. The second kappa shape index (κ2) is 8.91. The summed E-state index contributed by atoms with van der Waals surface area (Å²) in [6.07, 6.45) is 11.4. The van der Waals surface area contributed by atoms with E-state index in [-0.39, 0.29) is 0 Å². The summed E-state index contributed by atoms with van der Waals surface area (Å²) in [5.41, 5.74) is 0.544. The monoisotopic (exact) mass is 350 g/mol. The van der Waals surface area contributed by atoms with E-state index in [1.165, 1.54) is 44.6 Å². The van der Waals surface area contributed by atoms with Crippen LogP contribution in [0.25, 0.3) is 0 Å². The highest BCUT2D eigenvalue weighted by atomic mass is 19.2. The summed E-state index contributed by atoms with van der Waals surface area (Å²) in [6.45, 7) is 3.47. The maximum Gasteiger partial charge on any atom is 0.183 e. The summed E-state index contributed by atoms with van der Waals surface area (Å²) in [5.74, 6) is 0.0652. The van der Waals surface area contributed by atoms with E-state index in [9.17, 15) is 8.78 Å². The Labute approximate surface area is 149 Å². The van der Waals surface area contributed by atoms with Gasteiger partial charge in [0, 0.05) is 11.5 Å². The lowest BCUT2D eigenvalue weighted by Crippen LogP contribution is -2.34. The minimum absolute atomic E-state index is 0.405. The molecule has 138 valence electrons. The summed E-state index contributed by atoms with van der Waals surface area (Å²) >= 11 is 0. The van der Waals surface area contributed by atoms with Crippen LogP contribution < -0.4 is 0 Å². The van der Waals surface area contributed by atoms with Crippen molar-refractivity contribution in [1.29, 1.82) is 0 Å². The van der Waals surface area contributed by atoms with Gasteiger partial charge in [-0.2, -0.15) is 0 Å². The van der Waals surface area contributed by atoms with Crippen molar-refractivity contribution < 1.29 is 18.3 Å². The predicted molar refractivity (Wildman–Crippen MR) is 94.0 cm³/mol. The smallest absolute Gasteiger partial charge is 0.183 e. The lowest BCUT2D eigenvalue weighted by atomic mass is 9.76. The predicted octanol–water partition coefficient (Wildman–Crippen LogP) is 5.79. The second-order valence-electron chi connectivity index (χ2n) is 7.32. The number of rotatable bonds is 5. The van der Waals surface area contributed by atoms with Crippen LogP contribution in [0, 0.1) is 29.4 Å². The highest BCUT2D eigenvalue weighted by Crippen LogP contribution is 2.37. The average Bonchev–Trinajstić information content (AvgIpc) is 2.65. The van der Waals surface area contributed by atoms with Crippen LogP contribution in [0.2, 0.25) is 0 Å². The summed E-state index contributed by atoms with van der Waals surface area (Å²) in [4.78, 5) is 0. The first kappa shape index (κ1) is 18.5. The number of unbranched alkanes of at least 4 members (excludes halogenated alkanes) is 1. The summed E-state index contributed by atoms with van der Waals surface area (Å²) in [6, 6.07) is 3.81. The SMILES string of the molecule is CCC/C=C/C1CCC(C2COC(c3ccc(F)c(F)c3)OC2)CC1. The maximum atomic E-state index is 13.4. The number of ether oxygens (including phenoxy) is 2. The minimum Gasteiger partial charge on any atom is -0.348 e. The van der Waals surface area contributed by atoms with E-state index in [2.05, 4.69) is 19.1 Å². The van der Waals surface area contributed by atoms with Crippen molar-refractivity contribution in [3.8, 4) is 0 Å². The Morgan fingerprint density at radius 2 is 1.72 bits per heavy atom. The molecule has 2 nitrogen and oxygen atoms in total. The van der Waals surface area contributed by atoms with Crippen LogP contribution in [0.15, 0.2) is 30.4 Å². The maximum absolute atomic E-state index is 13.4. The normalized spacial score (nSPS) is 30.7. The van der Waals surface area contributed by atoms with Crippen molar-refractivity contribution >= 4 is 0 Å². The van der Waals surface area contributed by atoms with Crippen LogP contribution in [-0.4, -0.2) is 13.2 Å². The molecule has 1 aliphatic carbocycles. The van der Waals surface area contributed by atoms with Gasteiger partial charge in [0.2, 0.25) is 0 Å². The van der Waals surface area contributed by atoms with Crippen molar-refractivity contribution in [2.24, 2.45) is 17.8 Å². The van der Waals surface area contributed by atoms with Gasteiger partial charge in [-0.1, -0.05) is 31.6 Å². The second-order valence-corrected chi connectivity index (χ2v) is 7.32. The van der Waals surface area contributed by atoms with Crippen LogP contribution in [-0.2, 0) is 9.47 Å². The van der Waals surface area contributed by atoms with E-state index in [1.807, 2.05) is 0 Å². The quantitative estimate of drug-likeness (QED) is 0.626. The molecule has 1 aliphatic heterocycles. The molecule has 3 rings (SSSR count). The van der Waals surface area contributed by atoms with Crippen LogP contribution in [0.5, 0.6) is 0 Å². The standard InChI is InChI=1S/C21H28F2O2/c1-2-3-4-5-15-6-8-16(9-7-15)18-13-24-21(25-14-18)17-10-11-19(22)20(23)12-17/h4-5,10-12,15-16,18,21H,2-3,6-9,13-14H2,1H3/b5-4+. The molecule has 0 aromatic heterocycles.